The molecule has 0 bridgehead atoms. The Balaban J connectivity index is -0.000000161. The second-order valence-electron chi connectivity index (χ2n) is 8.71. The van der Waals surface area contributed by atoms with Gasteiger partial charge in [0.15, 0.2) is 16.6 Å². The van der Waals surface area contributed by atoms with E-state index < -0.39 is 33.8 Å². The molecule has 0 spiro atoms. The van der Waals surface area contributed by atoms with Crippen molar-refractivity contribution >= 4 is 33.8 Å². The van der Waals surface area contributed by atoms with Gasteiger partial charge in [-0.25, -0.2) is 0 Å². The summed E-state index contributed by atoms with van der Waals surface area (Å²) >= 11 is 0. The molecular weight excluding hydrogens is 429 g/mol. The van der Waals surface area contributed by atoms with Crippen molar-refractivity contribution in [2.75, 3.05) is 19.6 Å². The summed E-state index contributed by atoms with van der Waals surface area (Å²) in [7, 11) is -7.66. The van der Waals surface area contributed by atoms with Crippen LogP contribution in [0.4, 0.5) is 0 Å². The Kier molecular flexibility index (Phi) is 31.7. The Morgan fingerprint density at radius 3 is 1.38 bits per heavy atom. The number of nitrogens with two attached hydrogens (primary N) is 1. The highest BCUT2D eigenvalue weighted by Gasteiger charge is 2.44. The van der Waals surface area contributed by atoms with Crippen molar-refractivity contribution in [2.45, 2.75) is 116 Å². The summed E-state index contributed by atoms with van der Waals surface area (Å²) in [4.78, 5) is 0. The van der Waals surface area contributed by atoms with Crippen LogP contribution in [0.1, 0.15) is 51.0 Å². The van der Waals surface area contributed by atoms with Crippen LogP contribution in [0.15, 0.2) is 0 Å². The van der Waals surface area contributed by atoms with E-state index in [1.807, 2.05) is 0 Å². The van der Waals surface area contributed by atoms with Gasteiger partial charge >= 0.3 is 17.1 Å². The molecule has 9 heteroatoms. The van der Waals surface area contributed by atoms with Gasteiger partial charge in [0, 0.05) is 13.1 Å². The van der Waals surface area contributed by atoms with Crippen molar-refractivity contribution in [1.82, 2.24) is 5.32 Å². The zero-order valence-electron chi connectivity index (χ0n) is 16.8. The Morgan fingerprint density at radius 1 is 0.621 bits per heavy atom. The molecule has 0 aromatic heterocycles. The average molecular weight is 493 g/mol. The van der Waals surface area contributed by atoms with Crippen LogP contribution in [0, 0.1) is 0 Å². The minimum absolute atomic E-state index is 0. The quantitative estimate of drug-likeness (QED) is 0.222. The van der Waals surface area contributed by atoms with Gasteiger partial charge in [-0.15, -0.1) is 0 Å². The first kappa shape index (κ1) is 47.5. The number of hydrogen-bond acceptors (Lipinski definition) is 5. The van der Waals surface area contributed by atoms with Gasteiger partial charge in [0.1, 0.15) is 0 Å². The predicted octanol–water partition coefficient (Wildman–Crippen LogP) is 7.23. The van der Waals surface area contributed by atoms with Gasteiger partial charge in [0.25, 0.3) is 0 Å². The molecule has 0 aliphatic heterocycles. The lowest BCUT2D eigenvalue weighted by molar-refractivity contribution is 0.322. The SMILES string of the molecule is C.C.C.C.C.C.C[Si](C)(C)O[Si](C)(C)O[Si](C)(CCCNCCN)O[Si](C)(C)C. The van der Waals surface area contributed by atoms with Crippen molar-refractivity contribution in [3.63, 3.8) is 0 Å². The summed E-state index contributed by atoms with van der Waals surface area (Å²) in [6, 6.07) is 1.00. The molecule has 1 atom stereocenters. The highest BCUT2D eigenvalue weighted by molar-refractivity contribution is 6.89. The van der Waals surface area contributed by atoms with E-state index in [-0.39, 0.29) is 44.6 Å². The first-order valence-electron chi connectivity index (χ1n) is 8.69. The zero-order chi connectivity index (χ0) is 18.4. The topological polar surface area (TPSA) is 65.7 Å². The molecule has 0 aliphatic rings. The average Bonchev–Trinajstić information content (AvgIpc) is 2.20. The standard InChI is InChI=1S/C14H40N2O3Si4.6CH4/c1-20(2,3)17-22(7,8)19-23(9,18-21(4,5)6)14-10-12-16-13-11-15;;;;;;/h16H,10-15H2,1-9H3;6*1H4. The lowest BCUT2D eigenvalue weighted by Gasteiger charge is -2.41. The van der Waals surface area contributed by atoms with Crippen LogP contribution in [-0.2, 0) is 12.3 Å². The smallest absolute Gasteiger partial charge is 0.315 e. The van der Waals surface area contributed by atoms with Crippen molar-refractivity contribution in [3.8, 4) is 0 Å². The normalized spacial score (nSPS) is 13.0. The second kappa shape index (κ2) is 19.4. The fraction of sp³-hybridized carbons (Fsp3) is 1.00. The Morgan fingerprint density at radius 2 is 1.03 bits per heavy atom. The lowest BCUT2D eigenvalue weighted by atomic mass is 10.5. The van der Waals surface area contributed by atoms with Gasteiger partial charge in [0.2, 0.25) is 0 Å². The molecule has 0 radical (unpaired) electrons. The maximum absolute atomic E-state index is 6.63. The molecular formula is C20H64N2O3Si4. The molecule has 0 heterocycles. The Bertz CT molecular complexity index is 350. The van der Waals surface area contributed by atoms with E-state index in [0.29, 0.717) is 6.54 Å². The first-order chi connectivity index (χ1) is 10.2. The van der Waals surface area contributed by atoms with Crippen LogP contribution < -0.4 is 11.1 Å². The molecule has 0 amide bonds. The van der Waals surface area contributed by atoms with Crippen LogP contribution in [0.25, 0.3) is 0 Å². The van der Waals surface area contributed by atoms with Crippen LogP contribution in [-0.4, -0.2) is 53.4 Å². The highest BCUT2D eigenvalue weighted by Crippen LogP contribution is 2.27. The van der Waals surface area contributed by atoms with Gasteiger partial charge in [-0.2, -0.15) is 0 Å². The van der Waals surface area contributed by atoms with Crippen LogP contribution in [0.2, 0.25) is 65.0 Å². The van der Waals surface area contributed by atoms with Gasteiger partial charge < -0.3 is 23.4 Å². The zero-order valence-corrected chi connectivity index (χ0v) is 20.8. The third kappa shape index (κ3) is 28.7. The molecule has 0 aromatic carbocycles. The largest absolute Gasteiger partial charge is 0.437 e. The van der Waals surface area contributed by atoms with Crippen LogP contribution >= 0.6 is 0 Å². The van der Waals surface area contributed by atoms with Crippen molar-refractivity contribution in [3.05, 3.63) is 0 Å². The lowest BCUT2D eigenvalue weighted by Crippen LogP contribution is -2.56. The van der Waals surface area contributed by atoms with E-state index in [1.54, 1.807) is 0 Å². The van der Waals surface area contributed by atoms with Gasteiger partial charge in [-0.1, -0.05) is 44.6 Å². The number of nitrogens with one attached hydrogen (secondary N) is 1. The van der Waals surface area contributed by atoms with E-state index in [1.165, 1.54) is 0 Å². The summed E-state index contributed by atoms with van der Waals surface area (Å²) < 4.78 is 19.6. The van der Waals surface area contributed by atoms with E-state index in [2.05, 4.69) is 64.2 Å². The molecule has 0 saturated carbocycles. The van der Waals surface area contributed by atoms with Crippen molar-refractivity contribution in [2.24, 2.45) is 5.73 Å². The third-order valence-corrected chi connectivity index (χ3v) is 16.4. The molecule has 5 nitrogen and oxygen atoms in total. The highest BCUT2D eigenvalue weighted by atomic mass is 28.5. The number of hydrogen-bond donors (Lipinski definition) is 2. The first-order valence-corrected chi connectivity index (χ1v) is 20.9. The molecule has 0 aromatic rings. The molecule has 0 aliphatic carbocycles. The predicted molar refractivity (Wildman–Crippen MR) is 151 cm³/mol. The molecule has 29 heavy (non-hydrogen) atoms. The maximum Gasteiger partial charge on any atom is 0.315 e. The van der Waals surface area contributed by atoms with Gasteiger partial charge in [0.05, 0.1) is 0 Å². The van der Waals surface area contributed by atoms with Crippen molar-refractivity contribution < 1.29 is 12.3 Å². The maximum atomic E-state index is 6.63. The van der Waals surface area contributed by atoms with Crippen LogP contribution in [0.5, 0.6) is 0 Å². The molecule has 0 fully saturated rings. The van der Waals surface area contributed by atoms with E-state index >= 15 is 0 Å². The fourth-order valence-corrected chi connectivity index (χ4v) is 20.8. The monoisotopic (exact) mass is 492 g/mol. The second-order valence-corrected chi connectivity index (χ2v) is 25.2. The van der Waals surface area contributed by atoms with E-state index in [9.17, 15) is 0 Å². The summed E-state index contributed by atoms with van der Waals surface area (Å²) in [5, 5.41) is 3.36. The summed E-state index contributed by atoms with van der Waals surface area (Å²) in [5.74, 6) is 0. The fourth-order valence-electron chi connectivity index (χ4n) is 2.81. The Labute approximate surface area is 192 Å². The van der Waals surface area contributed by atoms with E-state index in [0.717, 1.165) is 25.6 Å². The summed E-state index contributed by atoms with van der Waals surface area (Å²) in [5.41, 5.74) is 5.52. The molecule has 0 rings (SSSR count). The molecule has 0 saturated heterocycles. The molecule has 188 valence electrons. The van der Waals surface area contributed by atoms with Crippen molar-refractivity contribution in [1.29, 1.82) is 0 Å². The third-order valence-electron chi connectivity index (χ3n) is 2.84. The van der Waals surface area contributed by atoms with E-state index in [4.69, 9.17) is 18.1 Å². The minimum atomic E-state index is -2.23. The Hall–Kier alpha value is 0.668. The number of rotatable bonds is 12. The molecule has 3 N–H and O–H groups in total. The summed E-state index contributed by atoms with van der Waals surface area (Å²) in [6.45, 7) is 22.4. The minimum Gasteiger partial charge on any atom is -0.437 e. The molecule has 1 unspecified atom stereocenters. The van der Waals surface area contributed by atoms with Crippen LogP contribution in [0.3, 0.4) is 0 Å². The van der Waals surface area contributed by atoms with Gasteiger partial charge in [-0.3, -0.25) is 0 Å². The summed E-state index contributed by atoms with van der Waals surface area (Å²) in [6.07, 6.45) is 1.06. The van der Waals surface area contributed by atoms with Gasteiger partial charge in [-0.05, 0) is 77.9 Å².